The third-order valence-electron chi connectivity index (χ3n) is 2.91. The lowest BCUT2D eigenvalue weighted by Crippen LogP contribution is -2.14. The number of carbonyl (C=O) groups excluding carboxylic acids is 1. The molecule has 106 valence electrons. The van der Waals surface area contributed by atoms with Crippen molar-refractivity contribution in [3.63, 3.8) is 0 Å². The lowest BCUT2D eigenvalue weighted by molar-refractivity contribution is 0.102. The summed E-state index contributed by atoms with van der Waals surface area (Å²) in [7, 11) is 1.48. The van der Waals surface area contributed by atoms with Gasteiger partial charge in [0.15, 0.2) is 0 Å². The van der Waals surface area contributed by atoms with Crippen molar-refractivity contribution in [2.75, 3.05) is 12.4 Å². The van der Waals surface area contributed by atoms with E-state index in [0.717, 1.165) is 5.56 Å². The highest BCUT2D eigenvalue weighted by atomic mass is 35.5. The molecule has 0 spiro atoms. The Balaban J connectivity index is 2.38. The Morgan fingerprint density at radius 3 is 2.71 bits per heavy atom. The molecular weight excluding hydrogens is 288 g/mol. The van der Waals surface area contributed by atoms with Gasteiger partial charge in [-0.15, -0.1) is 0 Å². The summed E-state index contributed by atoms with van der Waals surface area (Å²) in [4.78, 5) is 12.3. The van der Waals surface area contributed by atoms with Gasteiger partial charge in [0, 0.05) is 10.6 Å². The molecule has 5 heteroatoms. The van der Waals surface area contributed by atoms with Crippen molar-refractivity contribution in [2.24, 2.45) is 0 Å². The zero-order chi connectivity index (χ0) is 15.4. The number of para-hydroxylation sites is 1. The van der Waals surface area contributed by atoms with Crippen molar-refractivity contribution in [1.29, 1.82) is 5.26 Å². The van der Waals surface area contributed by atoms with Crippen molar-refractivity contribution in [1.82, 2.24) is 0 Å². The summed E-state index contributed by atoms with van der Waals surface area (Å²) in [6.07, 6.45) is 0. The molecule has 21 heavy (non-hydrogen) atoms. The van der Waals surface area contributed by atoms with Crippen molar-refractivity contribution >= 4 is 23.2 Å². The Morgan fingerprint density at radius 1 is 1.33 bits per heavy atom. The van der Waals surface area contributed by atoms with Crippen molar-refractivity contribution < 1.29 is 9.53 Å². The van der Waals surface area contributed by atoms with Crippen LogP contribution in [-0.4, -0.2) is 13.0 Å². The number of anilines is 1. The first-order chi connectivity index (χ1) is 10.0. The maximum atomic E-state index is 12.3. The average molecular weight is 301 g/mol. The maximum Gasteiger partial charge on any atom is 0.255 e. The molecule has 0 aliphatic rings. The zero-order valence-corrected chi connectivity index (χ0v) is 12.4. The molecular formula is C16H13ClN2O2. The molecule has 0 aliphatic heterocycles. The van der Waals surface area contributed by atoms with Gasteiger partial charge in [0.05, 0.1) is 12.7 Å². The maximum absolute atomic E-state index is 12.3. The largest absolute Gasteiger partial charge is 0.495 e. The van der Waals surface area contributed by atoms with Crippen LogP contribution in [0.15, 0.2) is 36.4 Å². The van der Waals surface area contributed by atoms with E-state index >= 15 is 0 Å². The molecule has 0 heterocycles. The molecule has 0 bridgehead atoms. The van der Waals surface area contributed by atoms with Gasteiger partial charge < -0.3 is 10.1 Å². The first-order valence-electron chi connectivity index (χ1n) is 6.21. The summed E-state index contributed by atoms with van der Waals surface area (Å²) in [5, 5.41) is 12.3. The van der Waals surface area contributed by atoms with Crippen LogP contribution in [0.1, 0.15) is 21.5 Å². The number of hydrogen-bond donors (Lipinski definition) is 1. The first-order valence-corrected chi connectivity index (χ1v) is 6.58. The highest BCUT2D eigenvalue weighted by Crippen LogP contribution is 2.28. The number of nitrogens with zero attached hydrogens (tertiary/aromatic N) is 1. The molecule has 0 radical (unpaired) electrons. The van der Waals surface area contributed by atoms with Crippen LogP contribution in [0, 0.1) is 18.3 Å². The van der Waals surface area contributed by atoms with Gasteiger partial charge in [0.1, 0.15) is 17.5 Å². The highest BCUT2D eigenvalue weighted by Gasteiger charge is 2.14. The molecule has 1 N–H and O–H groups in total. The van der Waals surface area contributed by atoms with Crippen LogP contribution in [0.5, 0.6) is 5.75 Å². The quantitative estimate of drug-likeness (QED) is 0.938. The summed E-state index contributed by atoms with van der Waals surface area (Å²) in [6.45, 7) is 1.85. The normalized spacial score (nSPS) is 9.81. The number of carbonyl (C=O) groups is 1. The van der Waals surface area contributed by atoms with Gasteiger partial charge in [-0.3, -0.25) is 4.79 Å². The summed E-state index contributed by atoms with van der Waals surface area (Å²) in [5.74, 6) is 0.0859. The number of nitriles is 1. The predicted octanol–water partition coefficient (Wildman–Crippen LogP) is 3.78. The van der Waals surface area contributed by atoms with Crippen molar-refractivity contribution in [3.05, 3.63) is 58.1 Å². The van der Waals surface area contributed by atoms with E-state index in [1.165, 1.54) is 7.11 Å². The minimum atomic E-state index is -0.346. The number of benzene rings is 2. The Bertz CT molecular complexity index is 715. The Kier molecular flexibility index (Phi) is 4.46. The number of nitrogens with one attached hydrogen (secondary N) is 1. The van der Waals surface area contributed by atoms with Gasteiger partial charge in [-0.1, -0.05) is 17.7 Å². The average Bonchev–Trinajstić information content (AvgIpc) is 2.46. The van der Waals surface area contributed by atoms with Crippen molar-refractivity contribution in [2.45, 2.75) is 6.92 Å². The number of methoxy groups -OCH3 is 1. The van der Waals surface area contributed by atoms with E-state index < -0.39 is 0 Å². The van der Waals surface area contributed by atoms with Crippen molar-refractivity contribution in [3.8, 4) is 11.8 Å². The van der Waals surface area contributed by atoms with Crippen LogP contribution >= 0.6 is 11.6 Å². The van der Waals surface area contributed by atoms with Crippen LogP contribution < -0.4 is 10.1 Å². The van der Waals surface area contributed by atoms with Gasteiger partial charge in [-0.25, -0.2) is 0 Å². The van der Waals surface area contributed by atoms with E-state index in [1.54, 1.807) is 36.4 Å². The fourth-order valence-electron chi connectivity index (χ4n) is 1.98. The molecule has 2 aromatic carbocycles. The molecule has 0 aromatic heterocycles. The summed E-state index contributed by atoms with van der Waals surface area (Å²) in [6, 6.07) is 12.1. The molecule has 2 rings (SSSR count). The monoisotopic (exact) mass is 300 g/mol. The van der Waals surface area contributed by atoms with E-state index in [1.807, 2.05) is 13.0 Å². The van der Waals surface area contributed by atoms with Crippen LogP contribution in [0.3, 0.4) is 0 Å². The number of amides is 1. The van der Waals surface area contributed by atoms with E-state index in [2.05, 4.69) is 5.32 Å². The molecule has 0 atom stereocenters. The number of rotatable bonds is 3. The summed E-state index contributed by atoms with van der Waals surface area (Å²) < 4.78 is 5.18. The molecule has 2 aromatic rings. The van der Waals surface area contributed by atoms with Gasteiger partial charge in [0.25, 0.3) is 5.91 Å². The van der Waals surface area contributed by atoms with Crippen LogP contribution in [0.2, 0.25) is 5.02 Å². The number of hydrogen-bond acceptors (Lipinski definition) is 3. The standard InChI is InChI=1S/C16H13ClN2O2/c1-10-6-12(8-13(17)7-10)16(20)19-15-11(9-18)4-3-5-14(15)21-2/h3-8H,1-2H3,(H,19,20). The molecule has 0 saturated heterocycles. The molecule has 0 fully saturated rings. The van der Waals surface area contributed by atoms with E-state index in [0.29, 0.717) is 27.6 Å². The lowest BCUT2D eigenvalue weighted by Gasteiger charge is -2.12. The Morgan fingerprint density at radius 2 is 2.10 bits per heavy atom. The van der Waals surface area contributed by atoms with Crippen LogP contribution in [-0.2, 0) is 0 Å². The van der Waals surface area contributed by atoms with Crippen LogP contribution in [0.25, 0.3) is 0 Å². The summed E-state index contributed by atoms with van der Waals surface area (Å²) >= 11 is 5.96. The minimum absolute atomic E-state index is 0.335. The van der Waals surface area contributed by atoms with Gasteiger partial charge in [-0.05, 0) is 42.8 Å². The van der Waals surface area contributed by atoms with E-state index in [9.17, 15) is 4.79 Å². The molecule has 0 aliphatic carbocycles. The SMILES string of the molecule is COc1cccc(C#N)c1NC(=O)c1cc(C)cc(Cl)c1. The van der Waals surface area contributed by atoms with Gasteiger partial charge >= 0.3 is 0 Å². The second kappa shape index (κ2) is 6.29. The fourth-order valence-corrected chi connectivity index (χ4v) is 2.27. The Hall–Kier alpha value is -2.51. The van der Waals surface area contributed by atoms with Gasteiger partial charge in [0.2, 0.25) is 0 Å². The molecule has 1 amide bonds. The Labute approximate surface area is 127 Å². The number of aryl methyl sites for hydroxylation is 1. The van der Waals surface area contributed by atoms with Crippen LogP contribution in [0.4, 0.5) is 5.69 Å². The first kappa shape index (κ1) is 14.9. The smallest absolute Gasteiger partial charge is 0.255 e. The second-order valence-electron chi connectivity index (χ2n) is 4.47. The molecule has 0 unspecified atom stereocenters. The molecule has 0 saturated carbocycles. The van der Waals surface area contributed by atoms with E-state index in [-0.39, 0.29) is 5.91 Å². The topological polar surface area (TPSA) is 62.1 Å². The lowest BCUT2D eigenvalue weighted by atomic mass is 10.1. The highest BCUT2D eigenvalue weighted by molar-refractivity contribution is 6.31. The zero-order valence-electron chi connectivity index (χ0n) is 11.6. The third kappa shape index (κ3) is 3.33. The second-order valence-corrected chi connectivity index (χ2v) is 4.90. The number of halogens is 1. The van der Waals surface area contributed by atoms with E-state index in [4.69, 9.17) is 21.6 Å². The predicted molar refractivity (Wildman–Crippen MR) is 81.9 cm³/mol. The summed E-state index contributed by atoms with van der Waals surface area (Å²) in [5.41, 5.74) is 1.99. The minimum Gasteiger partial charge on any atom is -0.495 e. The molecule has 4 nitrogen and oxygen atoms in total. The fraction of sp³-hybridized carbons (Fsp3) is 0.125. The van der Waals surface area contributed by atoms with Gasteiger partial charge in [-0.2, -0.15) is 5.26 Å². The third-order valence-corrected chi connectivity index (χ3v) is 3.13. The number of ether oxygens (including phenoxy) is 1.